The highest BCUT2D eigenvalue weighted by molar-refractivity contribution is 5.78. The first-order valence-corrected chi connectivity index (χ1v) is 7.67. The number of halogens is 2. The van der Waals surface area contributed by atoms with Crippen LogP contribution in [0.25, 0.3) is 0 Å². The van der Waals surface area contributed by atoms with E-state index in [4.69, 9.17) is 10.00 Å². The van der Waals surface area contributed by atoms with Gasteiger partial charge in [-0.1, -0.05) is 13.8 Å². The van der Waals surface area contributed by atoms with Crippen LogP contribution in [0.1, 0.15) is 32.0 Å². The van der Waals surface area contributed by atoms with Crippen LogP contribution in [0.3, 0.4) is 0 Å². The van der Waals surface area contributed by atoms with Gasteiger partial charge in [-0.2, -0.15) is 14.0 Å². The van der Waals surface area contributed by atoms with E-state index >= 15 is 0 Å². The van der Waals surface area contributed by atoms with Crippen LogP contribution in [0.15, 0.2) is 42.6 Å². The maximum Gasteiger partial charge on any atom is 0.384 e. The predicted octanol–water partition coefficient (Wildman–Crippen LogP) is 4.43. The number of pyridine rings is 1. The highest BCUT2D eigenvalue weighted by Crippen LogP contribution is 2.29. The van der Waals surface area contributed by atoms with Gasteiger partial charge in [0.15, 0.2) is 0 Å². The Bertz CT molecular complexity index is 723. The smallest absolute Gasteiger partial charge is 0.384 e. The fraction of sp³-hybridized carbons (Fsp3) is 0.278. The van der Waals surface area contributed by atoms with Crippen LogP contribution in [0.4, 0.5) is 8.78 Å². The minimum Gasteiger partial charge on any atom is -0.461 e. The van der Waals surface area contributed by atoms with Crippen LogP contribution >= 0.6 is 0 Å². The quantitative estimate of drug-likeness (QED) is 0.748. The zero-order valence-corrected chi connectivity index (χ0v) is 14.1. The fourth-order valence-corrected chi connectivity index (χ4v) is 1.69. The number of aromatic nitrogens is 1. The maximum absolute atomic E-state index is 13.8. The molecule has 0 radical (unpaired) electrons. The fourth-order valence-electron chi connectivity index (χ4n) is 1.69. The molecule has 0 bridgehead atoms. The lowest BCUT2D eigenvalue weighted by molar-refractivity contribution is -0.173. The topological polar surface area (TPSA) is 72.2 Å². The van der Waals surface area contributed by atoms with Crippen molar-refractivity contribution < 1.29 is 23.0 Å². The van der Waals surface area contributed by atoms with E-state index in [0.717, 1.165) is 12.3 Å². The maximum atomic E-state index is 13.8. The van der Waals surface area contributed by atoms with E-state index in [2.05, 4.69) is 9.72 Å². The Hall–Kier alpha value is -3.01. The number of ether oxygens (including phenoxy) is 2. The Balaban J connectivity index is 0.00000151. The molecule has 0 aliphatic carbocycles. The lowest BCUT2D eigenvalue weighted by Crippen LogP contribution is -2.29. The van der Waals surface area contributed by atoms with E-state index in [1.807, 2.05) is 19.9 Å². The van der Waals surface area contributed by atoms with Crippen molar-refractivity contribution in [1.29, 1.82) is 5.26 Å². The largest absolute Gasteiger partial charge is 0.461 e. The summed E-state index contributed by atoms with van der Waals surface area (Å²) < 4.78 is 37.3. The zero-order valence-electron chi connectivity index (χ0n) is 14.1. The van der Waals surface area contributed by atoms with Crippen LogP contribution in [-0.2, 0) is 15.5 Å². The molecule has 2 aromatic rings. The van der Waals surface area contributed by atoms with Crippen LogP contribution < -0.4 is 4.74 Å². The number of nitriles is 1. The third kappa shape index (κ3) is 5.24. The molecule has 0 saturated heterocycles. The Morgan fingerprint density at radius 3 is 2.24 bits per heavy atom. The summed E-state index contributed by atoms with van der Waals surface area (Å²) in [6.45, 7) is 5.30. The summed E-state index contributed by atoms with van der Waals surface area (Å²) in [7, 11) is 0. The standard InChI is InChI=1S/C16H12F2N2O3.C2H6/c1-2-22-15(21)16(17,18)14-8-7-13(10-20-14)23-12-5-3-11(9-19)4-6-12;1-2/h3-8,10H,2H2,1H3;1-2H3. The van der Waals surface area contributed by atoms with E-state index in [0.29, 0.717) is 11.3 Å². The summed E-state index contributed by atoms with van der Waals surface area (Å²) in [5.41, 5.74) is -0.247. The first kappa shape index (κ1) is 20.0. The van der Waals surface area contributed by atoms with Gasteiger partial charge in [0.25, 0.3) is 0 Å². The number of benzene rings is 1. The Labute approximate surface area is 144 Å². The molecule has 25 heavy (non-hydrogen) atoms. The lowest BCUT2D eigenvalue weighted by Gasteiger charge is -2.14. The zero-order chi connectivity index (χ0) is 18.9. The normalized spacial score (nSPS) is 10.1. The van der Waals surface area contributed by atoms with Gasteiger partial charge in [0, 0.05) is 0 Å². The summed E-state index contributed by atoms with van der Waals surface area (Å²) in [5, 5.41) is 8.70. The molecule has 0 fully saturated rings. The van der Waals surface area contributed by atoms with Gasteiger partial charge in [-0.3, -0.25) is 4.98 Å². The molecule has 0 amide bonds. The first-order chi connectivity index (χ1) is 12.0. The predicted molar refractivity (Wildman–Crippen MR) is 87.3 cm³/mol. The first-order valence-electron chi connectivity index (χ1n) is 7.67. The van der Waals surface area contributed by atoms with E-state index in [-0.39, 0.29) is 12.4 Å². The van der Waals surface area contributed by atoms with E-state index in [1.54, 1.807) is 24.3 Å². The average Bonchev–Trinajstić information content (AvgIpc) is 2.64. The van der Waals surface area contributed by atoms with Gasteiger partial charge in [0.05, 0.1) is 24.4 Å². The molecule has 0 atom stereocenters. The Morgan fingerprint density at radius 2 is 1.76 bits per heavy atom. The van der Waals surface area contributed by atoms with Gasteiger partial charge >= 0.3 is 11.9 Å². The summed E-state index contributed by atoms with van der Waals surface area (Å²) in [4.78, 5) is 14.8. The summed E-state index contributed by atoms with van der Waals surface area (Å²) in [6.07, 6.45) is 1.08. The molecule has 0 spiro atoms. The SMILES string of the molecule is CC.CCOC(=O)C(F)(F)c1ccc(Oc2ccc(C#N)cc2)cn1. The van der Waals surface area contributed by atoms with Crippen molar-refractivity contribution in [3.63, 3.8) is 0 Å². The molecule has 2 rings (SSSR count). The Morgan fingerprint density at radius 1 is 1.16 bits per heavy atom. The molecule has 1 aromatic heterocycles. The van der Waals surface area contributed by atoms with Crippen molar-refractivity contribution >= 4 is 5.97 Å². The molecule has 0 aliphatic rings. The minimum atomic E-state index is -3.82. The van der Waals surface area contributed by atoms with Crippen molar-refractivity contribution in [3.8, 4) is 17.6 Å². The van der Waals surface area contributed by atoms with E-state index in [9.17, 15) is 13.6 Å². The van der Waals surface area contributed by atoms with Gasteiger partial charge in [-0.25, -0.2) is 4.79 Å². The van der Waals surface area contributed by atoms with Crippen LogP contribution in [0.2, 0.25) is 0 Å². The van der Waals surface area contributed by atoms with Crippen molar-refractivity contribution in [2.24, 2.45) is 0 Å². The molecule has 1 aromatic carbocycles. The molecule has 1 heterocycles. The van der Waals surface area contributed by atoms with Crippen LogP contribution in [0, 0.1) is 11.3 Å². The van der Waals surface area contributed by atoms with Crippen molar-refractivity contribution in [2.45, 2.75) is 26.7 Å². The number of hydrogen-bond donors (Lipinski definition) is 0. The number of carbonyl (C=O) groups is 1. The minimum absolute atomic E-state index is 0.145. The second kappa shape index (κ2) is 9.33. The third-order valence-corrected chi connectivity index (χ3v) is 2.81. The van der Waals surface area contributed by atoms with Crippen LogP contribution in [-0.4, -0.2) is 17.6 Å². The summed E-state index contributed by atoms with van der Waals surface area (Å²) >= 11 is 0. The number of hydrogen-bond acceptors (Lipinski definition) is 5. The number of esters is 1. The molecular formula is C18H18F2N2O3. The third-order valence-electron chi connectivity index (χ3n) is 2.81. The van der Waals surface area contributed by atoms with Gasteiger partial charge in [-0.15, -0.1) is 0 Å². The lowest BCUT2D eigenvalue weighted by atomic mass is 10.2. The molecule has 0 N–H and O–H groups in total. The summed E-state index contributed by atoms with van der Waals surface area (Å²) in [6, 6.07) is 10.5. The van der Waals surface area contributed by atoms with E-state index < -0.39 is 17.6 Å². The monoisotopic (exact) mass is 348 g/mol. The van der Waals surface area contributed by atoms with Crippen molar-refractivity contribution in [3.05, 3.63) is 53.9 Å². The highest BCUT2D eigenvalue weighted by Gasteiger charge is 2.44. The average molecular weight is 348 g/mol. The second-order valence-electron chi connectivity index (χ2n) is 4.41. The van der Waals surface area contributed by atoms with Gasteiger partial charge in [0.2, 0.25) is 0 Å². The van der Waals surface area contributed by atoms with Crippen molar-refractivity contribution in [2.75, 3.05) is 6.61 Å². The molecular weight excluding hydrogens is 330 g/mol. The number of alkyl halides is 2. The number of carbonyl (C=O) groups excluding carboxylic acids is 1. The number of nitrogens with zero attached hydrogens (tertiary/aromatic N) is 2. The molecule has 7 heteroatoms. The molecule has 0 unspecified atom stereocenters. The number of rotatable bonds is 5. The van der Waals surface area contributed by atoms with Crippen molar-refractivity contribution in [1.82, 2.24) is 4.98 Å². The second-order valence-corrected chi connectivity index (χ2v) is 4.41. The van der Waals surface area contributed by atoms with Gasteiger partial charge < -0.3 is 9.47 Å². The molecule has 132 valence electrons. The van der Waals surface area contributed by atoms with Gasteiger partial charge in [0.1, 0.15) is 17.2 Å². The highest BCUT2D eigenvalue weighted by atomic mass is 19.3. The molecule has 0 aliphatic heterocycles. The van der Waals surface area contributed by atoms with Gasteiger partial charge in [-0.05, 0) is 43.3 Å². The molecule has 5 nitrogen and oxygen atoms in total. The van der Waals surface area contributed by atoms with E-state index in [1.165, 1.54) is 13.0 Å². The van der Waals surface area contributed by atoms with Crippen LogP contribution in [0.5, 0.6) is 11.5 Å². The summed E-state index contributed by atoms with van der Waals surface area (Å²) in [5.74, 6) is -4.81. The molecule has 0 saturated carbocycles. The Kier molecular flexibility index (Phi) is 7.47.